The van der Waals surface area contributed by atoms with E-state index in [-0.39, 0.29) is 4.90 Å². The van der Waals surface area contributed by atoms with E-state index in [1.807, 2.05) is 24.3 Å². The van der Waals surface area contributed by atoms with Crippen molar-refractivity contribution in [3.8, 4) is 0 Å². The third-order valence-corrected chi connectivity index (χ3v) is 5.77. The number of fused-ring (bicyclic) bond motifs is 1. The van der Waals surface area contributed by atoms with E-state index in [0.717, 1.165) is 9.86 Å². The fraction of sp³-hybridized carbons (Fsp3) is 0.0625. The average Bonchev–Trinajstić information content (AvgIpc) is 2.54. The zero-order valence-electron chi connectivity index (χ0n) is 11.8. The number of para-hydroxylation sites is 1. The van der Waals surface area contributed by atoms with Crippen molar-refractivity contribution in [2.75, 3.05) is 11.4 Å². The van der Waals surface area contributed by atoms with Gasteiger partial charge in [-0.3, -0.25) is 9.29 Å². The Hall–Kier alpha value is -1.92. The molecular weight excluding hydrogens is 364 g/mol. The van der Waals surface area contributed by atoms with Crippen molar-refractivity contribution in [1.82, 2.24) is 4.98 Å². The van der Waals surface area contributed by atoms with E-state index in [9.17, 15) is 8.42 Å². The van der Waals surface area contributed by atoms with Crippen LogP contribution in [-0.4, -0.2) is 20.4 Å². The van der Waals surface area contributed by atoms with Gasteiger partial charge in [-0.25, -0.2) is 8.42 Å². The van der Waals surface area contributed by atoms with Crippen LogP contribution in [0.2, 0.25) is 0 Å². The molecule has 2 aromatic carbocycles. The van der Waals surface area contributed by atoms with Crippen LogP contribution in [0.5, 0.6) is 0 Å². The molecule has 4 nitrogen and oxygen atoms in total. The third-order valence-electron chi connectivity index (χ3n) is 3.42. The van der Waals surface area contributed by atoms with Crippen molar-refractivity contribution in [1.29, 1.82) is 0 Å². The molecule has 3 rings (SSSR count). The van der Waals surface area contributed by atoms with Gasteiger partial charge in [-0.05, 0) is 36.4 Å². The smallest absolute Gasteiger partial charge is 0.266 e. The molecule has 0 unspecified atom stereocenters. The second kappa shape index (κ2) is 5.70. The maximum Gasteiger partial charge on any atom is 0.266 e. The molecule has 0 spiro atoms. The van der Waals surface area contributed by atoms with E-state index in [1.165, 1.54) is 4.31 Å². The summed E-state index contributed by atoms with van der Waals surface area (Å²) in [5, 5.41) is 0.799. The van der Waals surface area contributed by atoms with E-state index >= 15 is 0 Å². The highest BCUT2D eigenvalue weighted by molar-refractivity contribution is 9.10. The van der Waals surface area contributed by atoms with Gasteiger partial charge in [-0.15, -0.1) is 0 Å². The summed E-state index contributed by atoms with van der Waals surface area (Å²) < 4.78 is 28.0. The summed E-state index contributed by atoms with van der Waals surface area (Å²) in [4.78, 5) is 4.43. The molecule has 0 aliphatic carbocycles. The molecule has 0 bridgehead atoms. The van der Waals surface area contributed by atoms with Crippen LogP contribution in [0.3, 0.4) is 0 Å². The highest BCUT2D eigenvalue weighted by Gasteiger charge is 2.24. The van der Waals surface area contributed by atoms with Gasteiger partial charge in [0.05, 0.1) is 11.2 Å². The number of hydrogen-bond donors (Lipinski definition) is 0. The fourth-order valence-corrected chi connectivity index (χ4v) is 3.85. The van der Waals surface area contributed by atoms with E-state index in [4.69, 9.17) is 0 Å². The van der Waals surface area contributed by atoms with Crippen molar-refractivity contribution >= 4 is 42.5 Å². The van der Waals surface area contributed by atoms with Crippen molar-refractivity contribution in [2.45, 2.75) is 4.90 Å². The molecule has 0 amide bonds. The quantitative estimate of drug-likeness (QED) is 0.697. The highest BCUT2D eigenvalue weighted by atomic mass is 79.9. The molecule has 1 heterocycles. The molecule has 112 valence electrons. The van der Waals surface area contributed by atoms with E-state index < -0.39 is 10.0 Å². The molecule has 0 radical (unpaired) electrons. The normalized spacial score (nSPS) is 11.5. The Morgan fingerprint density at radius 2 is 1.68 bits per heavy atom. The van der Waals surface area contributed by atoms with Crippen LogP contribution in [0, 0.1) is 0 Å². The zero-order valence-corrected chi connectivity index (χ0v) is 14.2. The van der Waals surface area contributed by atoms with Crippen molar-refractivity contribution in [3.63, 3.8) is 0 Å². The number of anilines is 1. The minimum Gasteiger partial charge on any atom is -0.269 e. The topological polar surface area (TPSA) is 50.3 Å². The summed E-state index contributed by atoms with van der Waals surface area (Å²) in [6.45, 7) is 0. The number of hydrogen-bond acceptors (Lipinski definition) is 3. The van der Waals surface area contributed by atoms with Crippen molar-refractivity contribution in [2.24, 2.45) is 0 Å². The Balaban J connectivity index is 2.14. The van der Waals surface area contributed by atoms with Crippen LogP contribution in [-0.2, 0) is 10.0 Å². The van der Waals surface area contributed by atoms with Gasteiger partial charge < -0.3 is 0 Å². The number of benzene rings is 2. The maximum atomic E-state index is 12.9. The predicted octanol–water partition coefficient (Wildman–Crippen LogP) is 3.82. The van der Waals surface area contributed by atoms with Gasteiger partial charge in [0.1, 0.15) is 4.90 Å². The van der Waals surface area contributed by atoms with Gasteiger partial charge in [0.2, 0.25) is 0 Å². The minimum absolute atomic E-state index is 0.205. The first-order valence-electron chi connectivity index (χ1n) is 6.58. The average molecular weight is 377 g/mol. The largest absolute Gasteiger partial charge is 0.269 e. The Morgan fingerprint density at radius 1 is 1.00 bits per heavy atom. The van der Waals surface area contributed by atoms with Gasteiger partial charge in [0, 0.05) is 23.1 Å². The minimum atomic E-state index is -3.68. The summed E-state index contributed by atoms with van der Waals surface area (Å²) in [6, 6.07) is 15.9. The van der Waals surface area contributed by atoms with E-state index in [1.54, 1.807) is 43.6 Å². The Kier molecular flexibility index (Phi) is 3.88. The highest BCUT2D eigenvalue weighted by Crippen LogP contribution is 2.27. The first-order chi connectivity index (χ1) is 10.5. The van der Waals surface area contributed by atoms with Crippen LogP contribution in [0.1, 0.15) is 0 Å². The second-order valence-corrected chi connectivity index (χ2v) is 7.63. The molecule has 0 aliphatic rings. The molecule has 0 N–H and O–H groups in total. The lowest BCUT2D eigenvalue weighted by atomic mass is 10.2. The fourth-order valence-electron chi connectivity index (χ4n) is 2.22. The van der Waals surface area contributed by atoms with Crippen LogP contribution in [0.25, 0.3) is 10.9 Å². The standard InChI is InChI=1S/C16H13BrN2O2S/c1-19(14-9-7-13(17)8-10-14)22(20,21)15-6-2-4-12-5-3-11-18-16(12)15/h2-11H,1H3. The van der Waals surface area contributed by atoms with Gasteiger partial charge >= 0.3 is 0 Å². The lowest BCUT2D eigenvalue weighted by Gasteiger charge is -2.20. The zero-order chi connectivity index (χ0) is 15.7. The summed E-state index contributed by atoms with van der Waals surface area (Å²) in [6.07, 6.45) is 1.60. The number of rotatable bonds is 3. The molecule has 0 fully saturated rings. The molecule has 0 aliphatic heterocycles. The van der Waals surface area contributed by atoms with E-state index in [0.29, 0.717) is 11.2 Å². The summed E-state index contributed by atoms with van der Waals surface area (Å²) in [5.74, 6) is 0. The third kappa shape index (κ3) is 2.60. The van der Waals surface area contributed by atoms with Gasteiger partial charge in [0.15, 0.2) is 0 Å². The maximum absolute atomic E-state index is 12.9. The lowest BCUT2D eigenvalue weighted by molar-refractivity contribution is 0.595. The number of halogens is 1. The monoisotopic (exact) mass is 376 g/mol. The Morgan fingerprint density at radius 3 is 2.41 bits per heavy atom. The molecule has 1 aromatic heterocycles. The first kappa shape index (κ1) is 15.0. The van der Waals surface area contributed by atoms with Crippen LogP contribution >= 0.6 is 15.9 Å². The van der Waals surface area contributed by atoms with Crippen molar-refractivity contribution in [3.05, 3.63) is 65.3 Å². The molecule has 0 saturated heterocycles. The van der Waals surface area contributed by atoms with Gasteiger partial charge in [-0.2, -0.15) is 0 Å². The number of aromatic nitrogens is 1. The van der Waals surface area contributed by atoms with Gasteiger partial charge in [0.25, 0.3) is 10.0 Å². The van der Waals surface area contributed by atoms with Crippen LogP contribution in [0.4, 0.5) is 5.69 Å². The van der Waals surface area contributed by atoms with E-state index in [2.05, 4.69) is 20.9 Å². The summed E-state index contributed by atoms with van der Waals surface area (Å²) >= 11 is 3.34. The number of nitrogens with zero attached hydrogens (tertiary/aromatic N) is 2. The Bertz CT molecular complexity index is 919. The molecule has 3 aromatic rings. The van der Waals surface area contributed by atoms with Crippen molar-refractivity contribution < 1.29 is 8.42 Å². The van der Waals surface area contributed by atoms with Crippen LogP contribution < -0.4 is 4.31 Å². The summed E-state index contributed by atoms with van der Waals surface area (Å²) in [5.41, 5.74) is 1.07. The lowest BCUT2D eigenvalue weighted by Crippen LogP contribution is -2.26. The molecule has 22 heavy (non-hydrogen) atoms. The Labute approximate surface area is 137 Å². The number of pyridine rings is 1. The molecule has 0 atom stereocenters. The molecule has 6 heteroatoms. The van der Waals surface area contributed by atoms with Crippen LogP contribution in [0.15, 0.2) is 70.2 Å². The second-order valence-electron chi connectivity index (χ2n) is 4.78. The first-order valence-corrected chi connectivity index (χ1v) is 8.82. The molecular formula is C16H13BrN2O2S. The summed E-state index contributed by atoms with van der Waals surface area (Å²) in [7, 11) is -2.13. The predicted molar refractivity (Wildman–Crippen MR) is 91.5 cm³/mol. The van der Waals surface area contributed by atoms with Gasteiger partial charge in [-0.1, -0.05) is 34.1 Å². The number of sulfonamides is 1. The molecule has 0 saturated carbocycles. The SMILES string of the molecule is CN(c1ccc(Br)cc1)S(=O)(=O)c1cccc2cccnc12.